The highest BCUT2D eigenvalue weighted by atomic mass is 32.5. The van der Waals surface area contributed by atoms with Crippen LogP contribution >= 0.6 is 6.72 Å². The highest BCUT2D eigenvalue weighted by Gasteiger charge is 2.19. The Morgan fingerprint density at radius 1 is 0.613 bits per heavy atom. The second-order valence-electron chi connectivity index (χ2n) is 8.27. The molecule has 0 atom stereocenters. The number of rotatable bonds is 16. The number of benzene rings is 2. The minimum atomic E-state index is -3.40. The van der Waals surface area contributed by atoms with Crippen molar-refractivity contribution in [3.05, 3.63) is 59.7 Å². The molecule has 2 aromatic carbocycles. The van der Waals surface area contributed by atoms with Crippen molar-refractivity contribution in [1.82, 2.24) is 0 Å². The van der Waals surface area contributed by atoms with Crippen LogP contribution in [0.3, 0.4) is 0 Å². The third kappa shape index (κ3) is 11.2. The molecule has 0 heterocycles. The topological polar surface area (TPSA) is 38.7 Å². The van der Waals surface area contributed by atoms with Gasteiger partial charge in [0.05, 0.1) is 0 Å². The lowest BCUT2D eigenvalue weighted by Crippen LogP contribution is -2.00. The Balaban J connectivity index is 1.77. The lowest BCUT2D eigenvalue weighted by atomic mass is 10.1. The third-order valence-corrected chi connectivity index (χ3v) is 6.76. The van der Waals surface area contributed by atoms with Crippen molar-refractivity contribution in [2.24, 2.45) is 0 Å². The summed E-state index contributed by atoms with van der Waals surface area (Å²) in [6, 6.07) is 15.6. The highest BCUT2D eigenvalue weighted by molar-refractivity contribution is 8.07. The molecular formula is C26H39O3PS. The van der Waals surface area contributed by atoms with E-state index in [1.54, 1.807) is 0 Å². The zero-order valence-corrected chi connectivity index (χ0v) is 20.9. The number of unbranched alkanes of at least 4 members (excludes halogenated alkanes) is 8. The van der Waals surface area contributed by atoms with E-state index in [1.807, 2.05) is 48.5 Å². The maximum Gasteiger partial charge on any atom is 0.432 e. The molecule has 31 heavy (non-hydrogen) atoms. The van der Waals surface area contributed by atoms with E-state index in [9.17, 15) is 4.89 Å². The van der Waals surface area contributed by atoms with Crippen LogP contribution in [-0.4, -0.2) is 4.89 Å². The van der Waals surface area contributed by atoms with Gasteiger partial charge in [-0.25, -0.2) is 0 Å². The summed E-state index contributed by atoms with van der Waals surface area (Å²) in [4.78, 5) is 10.5. The molecule has 0 aliphatic heterocycles. The summed E-state index contributed by atoms with van der Waals surface area (Å²) in [6.07, 6.45) is 14.9. The fraction of sp³-hybridized carbons (Fsp3) is 0.538. The maximum atomic E-state index is 10.5. The summed E-state index contributed by atoms with van der Waals surface area (Å²) in [6.45, 7) is 1.07. The van der Waals surface area contributed by atoms with Gasteiger partial charge in [0.1, 0.15) is 11.5 Å². The molecule has 3 nitrogen and oxygen atoms in total. The number of hydrogen-bond acceptors (Lipinski definition) is 3. The van der Waals surface area contributed by atoms with Crippen molar-refractivity contribution in [3.8, 4) is 11.5 Å². The van der Waals surface area contributed by atoms with Crippen LogP contribution in [0.5, 0.6) is 11.5 Å². The van der Waals surface area contributed by atoms with E-state index in [1.165, 1.54) is 75.3 Å². The van der Waals surface area contributed by atoms with E-state index in [0.29, 0.717) is 11.5 Å². The Kier molecular flexibility index (Phi) is 12.3. The average Bonchev–Trinajstić information content (AvgIpc) is 2.75. The maximum absolute atomic E-state index is 10.5. The van der Waals surface area contributed by atoms with Crippen LogP contribution < -0.4 is 9.05 Å². The molecule has 0 fully saturated rings. The summed E-state index contributed by atoms with van der Waals surface area (Å²) < 4.78 is 11.2. The van der Waals surface area contributed by atoms with Crippen molar-refractivity contribution in [3.63, 3.8) is 0 Å². The van der Waals surface area contributed by atoms with Crippen LogP contribution in [0.25, 0.3) is 0 Å². The van der Waals surface area contributed by atoms with E-state index < -0.39 is 6.72 Å². The van der Waals surface area contributed by atoms with E-state index in [2.05, 4.69) is 13.8 Å². The van der Waals surface area contributed by atoms with Crippen LogP contribution in [0.2, 0.25) is 0 Å². The summed E-state index contributed by atoms with van der Waals surface area (Å²) in [7, 11) is 0. The van der Waals surface area contributed by atoms with Crippen molar-refractivity contribution < 1.29 is 13.9 Å². The summed E-state index contributed by atoms with van der Waals surface area (Å²) in [5.41, 5.74) is 2.56. The van der Waals surface area contributed by atoms with Crippen molar-refractivity contribution in [2.75, 3.05) is 0 Å². The third-order valence-electron chi connectivity index (χ3n) is 5.43. The van der Waals surface area contributed by atoms with Gasteiger partial charge in [-0.2, -0.15) is 0 Å². The summed E-state index contributed by atoms with van der Waals surface area (Å²) in [5, 5.41) is 0. The van der Waals surface area contributed by atoms with Gasteiger partial charge in [0, 0.05) is 11.8 Å². The SMILES string of the molecule is CCCCCCCc1ccc(OP(O)(=S)Oc2ccc(CCCCCCC)cc2)cc1. The standard InChI is InChI=1S/C26H39O3PS/c1-3-5-7-9-11-13-23-15-19-25(20-16-23)28-30(27,31)29-26-21-17-24(18-22-26)14-12-10-8-6-4-2/h15-22H,3-14H2,1-2H3,(H,27,31). The molecule has 0 aromatic heterocycles. The molecule has 2 rings (SSSR count). The van der Waals surface area contributed by atoms with E-state index in [-0.39, 0.29) is 0 Å². The van der Waals surface area contributed by atoms with Crippen molar-refractivity contribution in [2.45, 2.75) is 90.9 Å². The number of hydrogen-bond donors (Lipinski definition) is 1. The molecule has 0 aliphatic carbocycles. The molecule has 0 spiro atoms. The predicted molar refractivity (Wildman–Crippen MR) is 136 cm³/mol. The normalized spacial score (nSPS) is 11.5. The number of aryl methyl sites for hydroxylation is 2. The molecule has 0 radical (unpaired) electrons. The van der Waals surface area contributed by atoms with Gasteiger partial charge in [-0.3, -0.25) is 0 Å². The molecule has 5 heteroatoms. The first kappa shape index (κ1) is 25.9. The van der Waals surface area contributed by atoms with Crippen LogP contribution in [-0.2, 0) is 24.6 Å². The first-order valence-electron chi connectivity index (χ1n) is 11.9. The van der Waals surface area contributed by atoms with Gasteiger partial charge in [-0.15, -0.1) is 0 Å². The smallest absolute Gasteiger partial charge is 0.416 e. The van der Waals surface area contributed by atoms with Crippen LogP contribution in [0.15, 0.2) is 48.5 Å². The van der Waals surface area contributed by atoms with Crippen LogP contribution in [0.1, 0.15) is 89.2 Å². The van der Waals surface area contributed by atoms with Gasteiger partial charge in [0.25, 0.3) is 0 Å². The molecule has 0 bridgehead atoms. The van der Waals surface area contributed by atoms with Gasteiger partial charge in [-0.1, -0.05) is 89.5 Å². The van der Waals surface area contributed by atoms with E-state index >= 15 is 0 Å². The van der Waals surface area contributed by atoms with E-state index in [4.69, 9.17) is 20.9 Å². The van der Waals surface area contributed by atoms with Gasteiger partial charge >= 0.3 is 6.72 Å². The summed E-state index contributed by atoms with van der Waals surface area (Å²) in [5.74, 6) is 1.09. The Hall–Kier alpha value is -1.35. The first-order valence-corrected chi connectivity index (χ1v) is 14.5. The molecular weight excluding hydrogens is 423 g/mol. The second kappa shape index (κ2) is 14.7. The van der Waals surface area contributed by atoms with Gasteiger partial charge in [0.2, 0.25) is 0 Å². The minimum absolute atomic E-state index is 0.546. The van der Waals surface area contributed by atoms with E-state index in [0.717, 1.165) is 12.8 Å². The Bertz CT molecular complexity index is 711. The lowest BCUT2D eigenvalue weighted by molar-refractivity contribution is 0.377. The Labute approximate surface area is 194 Å². The first-order chi connectivity index (χ1) is 15.0. The largest absolute Gasteiger partial charge is 0.432 e. The molecule has 2 aromatic rings. The van der Waals surface area contributed by atoms with Crippen LogP contribution in [0.4, 0.5) is 0 Å². The molecule has 0 saturated carbocycles. The molecule has 1 N–H and O–H groups in total. The van der Waals surface area contributed by atoms with Gasteiger partial charge in [-0.05, 0) is 61.1 Å². The Morgan fingerprint density at radius 3 is 1.32 bits per heavy atom. The molecule has 0 unspecified atom stereocenters. The Morgan fingerprint density at radius 2 is 0.968 bits per heavy atom. The zero-order valence-electron chi connectivity index (χ0n) is 19.2. The molecule has 0 aliphatic rings. The zero-order chi connectivity index (χ0) is 22.4. The predicted octanol–water partition coefficient (Wildman–Crippen LogP) is 8.39. The lowest BCUT2D eigenvalue weighted by Gasteiger charge is -2.18. The average molecular weight is 463 g/mol. The molecule has 172 valence electrons. The van der Waals surface area contributed by atoms with Crippen molar-refractivity contribution >= 4 is 18.5 Å². The highest BCUT2D eigenvalue weighted by Crippen LogP contribution is 2.44. The van der Waals surface area contributed by atoms with Crippen LogP contribution in [0, 0.1) is 0 Å². The second-order valence-corrected chi connectivity index (χ2v) is 11.0. The molecule has 0 saturated heterocycles. The summed E-state index contributed by atoms with van der Waals surface area (Å²) >= 11 is 5.22. The fourth-order valence-corrected chi connectivity index (χ4v) is 4.91. The molecule has 0 amide bonds. The quantitative estimate of drug-likeness (QED) is 0.201. The van der Waals surface area contributed by atoms with Gasteiger partial charge in [0.15, 0.2) is 0 Å². The minimum Gasteiger partial charge on any atom is -0.416 e. The van der Waals surface area contributed by atoms with Gasteiger partial charge < -0.3 is 13.9 Å². The monoisotopic (exact) mass is 462 g/mol. The fourth-order valence-electron chi connectivity index (χ4n) is 3.58. The van der Waals surface area contributed by atoms with Crippen molar-refractivity contribution in [1.29, 1.82) is 0 Å².